The second-order valence-electron chi connectivity index (χ2n) is 5.13. The van der Waals surface area contributed by atoms with E-state index in [0.29, 0.717) is 18.4 Å². The van der Waals surface area contributed by atoms with Crippen LogP contribution in [-0.2, 0) is 14.3 Å². The summed E-state index contributed by atoms with van der Waals surface area (Å²) < 4.78 is 11.0. The highest BCUT2D eigenvalue weighted by molar-refractivity contribution is 5.72. The molecule has 0 N–H and O–H groups in total. The van der Waals surface area contributed by atoms with Crippen molar-refractivity contribution < 1.29 is 14.3 Å². The molecule has 3 aliphatic rings. The first kappa shape index (κ1) is 9.64. The fourth-order valence-corrected chi connectivity index (χ4v) is 3.25. The van der Waals surface area contributed by atoms with Crippen molar-refractivity contribution in [3.63, 3.8) is 0 Å². The van der Waals surface area contributed by atoms with Gasteiger partial charge in [0, 0.05) is 5.92 Å². The minimum atomic E-state index is -0.204. The van der Waals surface area contributed by atoms with E-state index in [9.17, 15) is 4.79 Å². The zero-order valence-corrected chi connectivity index (χ0v) is 8.98. The number of ether oxygens (including phenoxy) is 2. The van der Waals surface area contributed by atoms with E-state index in [4.69, 9.17) is 9.47 Å². The molecule has 1 saturated carbocycles. The molecule has 3 rings (SSSR count). The zero-order chi connectivity index (χ0) is 10.3. The Balaban J connectivity index is 1.60. The van der Waals surface area contributed by atoms with Crippen LogP contribution in [0.3, 0.4) is 0 Å². The number of hydrogen-bond acceptors (Lipinski definition) is 3. The van der Waals surface area contributed by atoms with Crippen molar-refractivity contribution >= 4 is 5.97 Å². The molecule has 2 saturated heterocycles. The molecular formula is C12H18O3. The number of carbonyl (C=O) groups is 1. The molecule has 3 heteroatoms. The predicted molar refractivity (Wildman–Crippen MR) is 54.1 cm³/mol. The average molecular weight is 210 g/mol. The molecule has 15 heavy (non-hydrogen) atoms. The van der Waals surface area contributed by atoms with E-state index in [1.807, 2.05) is 0 Å². The average Bonchev–Trinajstić information content (AvgIpc) is 2.76. The molecule has 0 aromatic heterocycles. The smallest absolute Gasteiger partial charge is 0.308 e. The van der Waals surface area contributed by atoms with E-state index in [1.54, 1.807) is 0 Å². The van der Waals surface area contributed by atoms with Crippen molar-refractivity contribution in [3.8, 4) is 0 Å². The van der Waals surface area contributed by atoms with Gasteiger partial charge in [0.15, 0.2) is 0 Å². The third kappa shape index (κ3) is 1.78. The summed E-state index contributed by atoms with van der Waals surface area (Å²) >= 11 is 0. The van der Waals surface area contributed by atoms with E-state index < -0.39 is 0 Å². The number of fused-ring (bicyclic) bond motifs is 1. The topological polar surface area (TPSA) is 35.5 Å². The molecule has 0 bridgehead atoms. The van der Waals surface area contributed by atoms with Gasteiger partial charge >= 0.3 is 5.97 Å². The molecule has 0 unspecified atom stereocenters. The van der Waals surface area contributed by atoms with Crippen molar-refractivity contribution in [2.45, 2.75) is 57.3 Å². The Labute approximate surface area is 90.1 Å². The molecule has 3 atom stereocenters. The van der Waals surface area contributed by atoms with Crippen LogP contribution >= 0.6 is 0 Å². The van der Waals surface area contributed by atoms with E-state index in [1.165, 1.54) is 32.1 Å². The Hall–Kier alpha value is -0.570. The molecule has 0 aromatic carbocycles. The van der Waals surface area contributed by atoms with Gasteiger partial charge in [-0.15, -0.1) is 0 Å². The van der Waals surface area contributed by atoms with Gasteiger partial charge in [0.1, 0.15) is 0 Å². The van der Waals surface area contributed by atoms with Crippen molar-refractivity contribution in [3.05, 3.63) is 0 Å². The largest absolute Gasteiger partial charge is 0.435 e. The summed E-state index contributed by atoms with van der Waals surface area (Å²) in [5.74, 6) is 1.000. The molecule has 0 aromatic rings. The number of esters is 1. The Kier molecular flexibility index (Phi) is 2.43. The number of rotatable bonds is 1. The van der Waals surface area contributed by atoms with Crippen LogP contribution < -0.4 is 0 Å². The molecule has 1 aliphatic carbocycles. The normalized spacial score (nSPS) is 41.6. The highest BCUT2D eigenvalue weighted by Gasteiger charge is 2.46. The summed E-state index contributed by atoms with van der Waals surface area (Å²) in [5.41, 5.74) is 0. The van der Waals surface area contributed by atoms with Gasteiger partial charge in [-0.3, -0.25) is 4.79 Å². The third-order valence-corrected chi connectivity index (χ3v) is 4.08. The van der Waals surface area contributed by atoms with Crippen LogP contribution in [0.25, 0.3) is 0 Å². The first-order valence-electron chi connectivity index (χ1n) is 6.18. The molecule has 2 aliphatic heterocycles. The lowest BCUT2D eigenvalue weighted by molar-refractivity contribution is -0.167. The third-order valence-electron chi connectivity index (χ3n) is 4.08. The van der Waals surface area contributed by atoms with Crippen LogP contribution in [-0.4, -0.2) is 18.4 Å². The maximum atomic E-state index is 11.0. The summed E-state index contributed by atoms with van der Waals surface area (Å²) in [6, 6.07) is 0. The quantitative estimate of drug-likeness (QED) is 0.623. The minimum absolute atomic E-state index is 0.0768. The number of hydrogen-bond donors (Lipinski definition) is 0. The van der Waals surface area contributed by atoms with Crippen LogP contribution in [0.5, 0.6) is 0 Å². The Morgan fingerprint density at radius 3 is 2.60 bits per heavy atom. The maximum absolute atomic E-state index is 11.0. The fraction of sp³-hybridized carbons (Fsp3) is 0.917. The van der Waals surface area contributed by atoms with E-state index >= 15 is 0 Å². The summed E-state index contributed by atoms with van der Waals surface area (Å²) in [4.78, 5) is 11.0. The summed E-state index contributed by atoms with van der Waals surface area (Å²) in [6.07, 6.45) is 8.47. The molecule has 0 spiro atoms. The van der Waals surface area contributed by atoms with Gasteiger partial charge in [-0.1, -0.05) is 19.3 Å². The maximum Gasteiger partial charge on any atom is 0.308 e. The zero-order valence-electron chi connectivity index (χ0n) is 8.98. The monoisotopic (exact) mass is 210 g/mol. The molecule has 0 radical (unpaired) electrons. The second-order valence-corrected chi connectivity index (χ2v) is 5.13. The Morgan fingerprint density at radius 2 is 1.87 bits per heavy atom. The standard InChI is InChI=1S/C12H18O3/c13-11-7-9-6-10(14-12(9)15-11)8-4-2-1-3-5-8/h8-10,12H,1-7H2/t9-,10+,12+/m0/s1. The highest BCUT2D eigenvalue weighted by Crippen LogP contribution is 2.41. The first-order chi connectivity index (χ1) is 7.33. The van der Waals surface area contributed by atoms with Gasteiger partial charge in [0.2, 0.25) is 6.29 Å². The van der Waals surface area contributed by atoms with Gasteiger partial charge in [0.25, 0.3) is 0 Å². The predicted octanol–water partition coefficient (Wildman–Crippen LogP) is 2.24. The molecule has 0 amide bonds. The van der Waals surface area contributed by atoms with Gasteiger partial charge in [0.05, 0.1) is 12.5 Å². The summed E-state index contributed by atoms with van der Waals surface area (Å²) in [7, 11) is 0. The van der Waals surface area contributed by atoms with Gasteiger partial charge in [-0.2, -0.15) is 0 Å². The molecule has 84 valence electrons. The Bertz CT molecular complexity index is 242. The lowest BCUT2D eigenvalue weighted by Crippen LogP contribution is -2.24. The van der Waals surface area contributed by atoms with E-state index in [-0.39, 0.29) is 12.3 Å². The van der Waals surface area contributed by atoms with Gasteiger partial charge in [-0.05, 0) is 25.2 Å². The highest BCUT2D eigenvalue weighted by atomic mass is 16.7. The lowest BCUT2D eigenvalue weighted by atomic mass is 9.83. The van der Waals surface area contributed by atoms with Crippen LogP contribution in [0.2, 0.25) is 0 Å². The van der Waals surface area contributed by atoms with Crippen LogP contribution in [0.15, 0.2) is 0 Å². The van der Waals surface area contributed by atoms with Crippen molar-refractivity contribution in [1.29, 1.82) is 0 Å². The summed E-state index contributed by atoms with van der Waals surface area (Å²) in [6.45, 7) is 0. The van der Waals surface area contributed by atoms with E-state index in [0.717, 1.165) is 12.3 Å². The van der Waals surface area contributed by atoms with Gasteiger partial charge in [-0.25, -0.2) is 0 Å². The van der Waals surface area contributed by atoms with Crippen molar-refractivity contribution in [2.75, 3.05) is 0 Å². The number of carbonyl (C=O) groups excluding carboxylic acids is 1. The van der Waals surface area contributed by atoms with Crippen molar-refractivity contribution in [2.24, 2.45) is 11.8 Å². The fourth-order valence-electron chi connectivity index (χ4n) is 3.25. The molecular weight excluding hydrogens is 192 g/mol. The minimum Gasteiger partial charge on any atom is -0.435 e. The SMILES string of the molecule is O=C1C[C@@H]2C[C@H](C3CCCCC3)O[C@@H]2O1. The van der Waals surface area contributed by atoms with Crippen LogP contribution in [0.4, 0.5) is 0 Å². The van der Waals surface area contributed by atoms with Crippen LogP contribution in [0, 0.1) is 11.8 Å². The van der Waals surface area contributed by atoms with Crippen LogP contribution in [0.1, 0.15) is 44.9 Å². The van der Waals surface area contributed by atoms with E-state index in [2.05, 4.69) is 0 Å². The van der Waals surface area contributed by atoms with Gasteiger partial charge < -0.3 is 9.47 Å². The summed E-state index contributed by atoms with van der Waals surface area (Å²) in [5, 5.41) is 0. The second kappa shape index (κ2) is 3.78. The molecule has 3 nitrogen and oxygen atoms in total. The lowest BCUT2D eigenvalue weighted by Gasteiger charge is -2.27. The first-order valence-corrected chi connectivity index (χ1v) is 6.18. The molecule has 2 heterocycles. The Morgan fingerprint density at radius 1 is 1.07 bits per heavy atom. The molecule has 3 fully saturated rings. The van der Waals surface area contributed by atoms with Crippen molar-refractivity contribution in [1.82, 2.24) is 0 Å².